The van der Waals surface area contributed by atoms with Crippen molar-refractivity contribution in [3.8, 4) is 0 Å². The van der Waals surface area contributed by atoms with Crippen LogP contribution in [0.25, 0.3) is 11.0 Å². The maximum absolute atomic E-state index is 12.8. The first-order valence-electron chi connectivity index (χ1n) is 8.26. The highest BCUT2D eigenvalue weighted by Gasteiger charge is 2.18. The number of methoxy groups -OCH3 is 1. The molecule has 0 unspecified atom stereocenters. The second kappa shape index (κ2) is 6.95. The highest BCUT2D eigenvalue weighted by molar-refractivity contribution is 6.09. The molecule has 3 rings (SSSR count). The quantitative estimate of drug-likeness (QED) is 0.728. The predicted octanol–water partition coefficient (Wildman–Crippen LogP) is 3.36. The number of para-hydroxylation sites is 1. The van der Waals surface area contributed by atoms with E-state index in [2.05, 4.69) is 15.4 Å². The molecular weight excluding hydrogens is 332 g/mol. The minimum absolute atomic E-state index is 0.172. The Morgan fingerprint density at radius 2 is 1.92 bits per heavy atom. The average Bonchev–Trinajstić information content (AvgIpc) is 3.03. The van der Waals surface area contributed by atoms with Gasteiger partial charge in [0.25, 0.3) is 5.91 Å². The van der Waals surface area contributed by atoms with Gasteiger partial charge < -0.3 is 10.1 Å². The van der Waals surface area contributed by atoms with Gasteiger partial charge in [-0.1, -0.05) is 12.1 Å². The van der Waals surface area contributed by atoms with Crippen molar-refractivity contribution in [2.24, 2.45) is 0 Å². The number of carbonyl (C=O) groups is 2. The Morgan fingerprint density at radius 1 is 1.19 bits per heavy atom. The highest BCUT2D eigenvalue weighted by atomic mass is 16.5. The summed E-state index contributed by atoms with van der Waals surface area (Å²) in [5.41, 5.74) is 2.45. The number of hydrogen-bond acceptors (Lipinski definition) is 5. The molecule has 134 valence electrons. The van der Waals surface area contributed by atoms with Gasteiger partial charge >= 0.3 is 5.97 Å². The summed E-state index contributed by atoms with van der Waals surface area (Å²) >= 11 is 0. The lowest BCUT2D eigenvalue weighted by Crippen LogP contribution is -2.17. The molecule has 26 heavy (non-hydrogen) atoms. The van der Waals surface area contributed by atoms with Crippen LogP contribution in [-0.4, -0.2) is 33.8 Å². The molecule has 0 fully saturated rings. The molecule has 0 aliphatic heterocycles. The van der Waals surface area contributed by atoms with Gasteiger partial charge in [0.15, 0.2) is 5.65 Å². The number of carbonyl (C=O) groups excluding carboxylic acids is 2. The number of nitrogens with zero attached hydrogens (tertiary/aromatic N) is 3. The minimum Gasteiger partial charge on any atom is -0.465 e. The Morgan fingerprint density at radius 3 is 2.62 bits per heavy atom. The zero-order valence-corrected chi connectivity index (χ0v) is 15.1. The molecule has 1 amide bonds. The summed E-state index contributed by atoms with van der Waals surface area (Å²) in [5.74, 6) is -0.852. The van der Waals surface area contributed by atoms with Gasteiger partial charge in [0.1, 0.15) is 0 Å². The smallest absolute Gasteiger partial charge is 0.339 e. The minimum atomic E-state index is -0.510. The zero-order valence-electron chi connectivity index (χ0n) is 15.1. The summed E-state index contributed by atoms with van der Waals surface area (Å²) in [5, 5.41) is 7.89. The number of hydrogen-bond donors (Lipinski definition) is 1. The largest absolute Gasteiger partial charge is 0.465 e. The molecule has 0 spiro atoms. The van der Waals surface area contributed by atoms with Crippen molar-refractivity contribution in [1.29, 1.82) is 0 Å². The highest BCUT2D eigenvalue weighted by Crippen LogP contribution is 2.22. The van der Waals surface area contributed by atoms with E-state index in [1.807, 2.05) is 18.5 Å². The number of amides is 1. The fourth-order valence-corrected chi connectivity index (χ4v) is 2.74. The van der Waals surface area contributed by atoms with E-state index in [0.29, 0.717) is 22.5 Å². The Hall–Kier alpha value is -3.22. The van der Waals surface area contributed by atoms with Crippen molar-refractivity contribution < 1.29 is 14.3 Å². The average molecular weight is 352 g/mol. The number of anilines is 1. The summed E-state index contributed by atoms with van der Waals surface area (Å²) < 4.78 is 6.57. The van der Waals surface area contributed by atoms with E-state index in [4.69, 9.17) is 4.74 Å². The Labute approximate surface area is 151 Å². The van der Waals surface area contributed by atoms with Crippen molar-refractivity contribution in [2.75, 3.05) is 12.4 Å². The lowest BCUT2D eigenvalue weighted by Gasteiger charge is -2.11. The van der Waals surface area contributed by atoms with Gasteiger partial charge in [-0.05, 0) is 39.0 Å². The zero-order chi connectivity index (χ0) is 18.8. The first-order chi connectivity index (χ1) is 12.4. The molecule has 3 aromatic rings. The second-order valence-electron chi connectivity index (χ2n) is 6.21. The number of aromatic nitrogens is 3. The van der Waals surface area contributed by atoms with E-state index >= 15 is 0 Å². The van der Waals surface area contributed by atoms with E-state index in [9.17, 15) is 9.59 Å². The maximum Gasteiger partial charge on any atom is 0.339 e. The van der Waals surface area contributed by atoms with Crippen LogP contribution in [0.5, 0.6) is 0 Å². The van der Waals surface area contributed by atoms with Gasteiger partial charge in [0.2, 0.25) is 0 Å². The van der Waals surface area contributed by atoms with Crippen LogP contribution in [0, 0.1) is 6.92 Å². The van der Waals surface area contributed by atoms with Crippen LogP contribution in [0.4, 0.5) is 5.69 Å². The van der Waals surface area contributed by atoms with Gasteiger partial charge in [-0.25, -0.2) is 14.5 Å². The number of aryl methyl sites for hydroxylation is 1. The van der Waals surface area contributed by atoms with E-state index in [0.717, 1.165) is 11.0 Å². The van der Waals surface area contributed by atoms with Crippen LogP contribution in [0.15, 0.2) is 36.5 Å². The molecule has 0 atom stereocenters. The van der Waals surface area contributed by atoms with E-state index in [-0.39, 0.29) is 11.9 Å². The van der Waals surface area contributed by atoms with Crippen LogP contribution >= 0.6 is 0 Å². The molecule has 2 heterocycles. The molecular formula is C19H20N4O3. The summed E-state index contributed by atoms with van der Waals surface area (Å²) in [6.45, 7) is 5.82. The maximum atomic E-state index is 12.8. The van der Waals surface area contributed by atoms with Crippen molar-refractivity contribution >= 4 is 28.6 Å². The standard InChI is InChI=1S/C19H20N4O3/c1-11(2)23-17-13(10-20-23)9-15(12(3)21-17)18(24)22-16-8-6-5-7-14(16)19(25)26-4/h5-11H,1-4H3,(H,22,24). The number of esters is 1. The van der Waals surface area contributed by atoms with E-state index in [1.165, 1.54) is 7.11 Å². The fraction of sp³-hybridized carbons (Fsp3) is 0.263. The van der Waals surface area contributed by atoms with Gasteiger partial charge in [-0.3, -0.25) is 4.79 Å². The molecule has 1 N–H and O–H groups in total. The lowest BCUT2D eigenvalue weighted by molar-refractivity contribution is 0.0602. The summed E-state index contributed by atoms with van der Waals surface area (Å²) in [4.78, 5) is 29.2. The lowest BCUT2D eigenvalue weighted by atomic mass is 10.1. The Bertz CT molecular complexity index is 992. The SMILES string of the molecule is COC(=O)c1ccccc1NC(=O)c1cc2cnn(C(C)C)c2nc1C. The van der Waals surface area contributed by atoms with Crippen molar-refractivity contribution in [1.82, 2.24) is 14.8 Å². The first-order valence-corrected chi connectivity index (χ1v) is 8.26. The number of ether oxygens (including phenoxy) is 1. The van der Waals surface area contributed by atoms with Crippen LogP contribution in [0.2, 0.25) is 0 Å². The molecule has 2 aromatic heterocycles. The number of benzene rings is 1. The topological polar surface area (TPSA) is 86.1 Å². The summed E-state index contributed by atoms with van der Waals surface area (Å²) in [7, 11) is 1.30. The number of pyridine rings is 1. The monoisotopic (exact) mass is 352 g/mol. The fourth-order valence-electron chi connectivity index (χ4n) is 2.74. The summed E-state index contributed by atoms with van der Waals surface area (Å²) in [6.07, 6.45) is 1.70. The molecule has 1 aromatic carbocycles. The van der Waals surface area contributed by atoms with Crippen molar-refractivity contribution in [2.45, 2.75) is 26.8 Å². The normalized spacial score (nSPS) is 11.0. The van der Waals surface area contributed by atoms with E-state index in [1.54, 1.807) is 43.5 Å². The third-order valence-corrected chi connectivity index (χ3v) is 4.07. The van der Waals surface area contributed by atoms with Crippen LogP contribution < -0.4 is 5.32 Å². The molecule has 0 bridgehead atoms. The van der Waals surface area contributed by atoms with Crippen molar-refractivity contribution in [3.05, 3.63) is 53.3 Å². The third kappa shape index (κ3) is 3.15. The Balaban J connectivity index is 1.96. The van der Waals surface area contributed by atoms with Crippen LogP contribution in [0.3, 0.4) is 0 Å². The summed E-state index contributed by atoms with van der Waals surface area (Å²) in [6, 6.07) is 8.64. The van der Waals surface area contributed by atoms with Gasteiger partial charge in [0.05, 0.1) is 35.8 Å². The predicted molar refractivity (Wildman–Crippen MR) is 98.4 cm³/mol. The number of rotatable bonds is 4. The molecule has 7 nitrogen and oxygen atoms in total. The third-order valence-electron chi connectivity index (χ3n) is 4.07. The van der Waals surface area contributed by atoms with Gasteiger partial charge in [-0.2, -0.15) is 5.10 Å². The molecule has 0 radical (unpaired) electrons. The molecule has 0 aliphatic rings. The number of fused-ring (bicyclic) bond motifs is 1. The van der Waals surface area contributed by atoms with Crippen LogP contribution in [-0.2, 0) is 4.74 Å². The number of nitrogens with one attached hydrogen (secondary N) is 1. The van der Waals surface area contributed by atoms with Crippen molar-refractivity contribution in [3.63, 3.8) is 0 Å². The molecule has 7 heteroatoms. The van der Waals surface area contributed by atoms with Crippen LogP contribution in [0.1, 0.15) is 46.3 Å². The first kappa shape index (κ1) is 17.6. The molecule has 0 saturated carbocycles. The van der Waals surface area contributed by atoms with Gasteiger partial charge in [0, 0.05) is 11.4 Å². The molecule has 0 aliphatic carbocycles. The second-order valence-corrected chi connectivity index (χ2v) is 6.21. The molecule has 0 saturated heterocycles. The van der Waals surface area contributed by atoms with E-state index < -0.39 is 5.97 Å². The Kier molecular flexibility index (Phi) is 4.71. The van der Waals surface area contributed by atoms with Gasteiger partial charge in [-0.15, -0.1) is 0 Å².